The van der Waals surface area contributed by atoms with Crippen molar-refractivity contribution in [3.8, 4) is 5.69 Å². The number of allylic oxidation sites excluding steroid dienone is 1. The molecule has 0 saturated carbocycles. The molecule has 0 aliphatic carbocycles. The quantitative estimate of drug-likeness (QED) is 0.880. The fourth-order valence-electron chi connectivity index (χ4n) is 1.80. The van der Waals surface area contributed by atoms with Gasteiger partial charge in [0, 0.05) is 29.9 Å². The van der Waals surface area contributed by atoms with E-state index in [1.807, 2.05) is 0 Å². The fourth-order valence-corrected chi connectivity index (χ4v) is 1.80. The summed E-state index contributed by atoms with van der Waals surface area (Å²) >= 11 is 0. The van der Waals surface area contributed by atoms with Gasteiger partial charge in [0.25, 0.3) is 0 Å². The molecule has 0 radical (unpaired) electrons. The second-order valence-corrected chi connectivity index (χ2v) is 4.29. The third-order valence-corrected chi connectivity index (χ3v) is 2.82. The Kier molecular flexibility index (Phi) is 4.45. The summed E-state index contributed by atoms with van der Waals surface area (Å²) in [5.41, 5.74) is 5.81. The van der Waals surface area contributed by atoms with Gasteiger partial charge in [0.2, 0.25) is 0 Å². The van der Waals surface area contributed by atoms with Gasteiger partial charge < -0.3 is 5.73 Å². The van der Waals surface area contributed by atoms with E-state index in [1.165, 1.54) is 49.1 Å². The number of benzene rings is 1. The SMILES string of the molecule is C=C/N=C\C=C(/N)c1cnn(-c2ccccc2C(F)(F)F)c1. The van der Waals surface area contributed by atoms with Crippen LogP contribution in [-0.4, -0.2) is 16.0 Å². The van der Waals surface area contributed by atoms with Gasteiger partial charge in [-0.3, -0.25) is 4.99 Å². The minimum absolute atomic E-state index is 0.0613. The summed E-state index contributed by atoms with van der Waals surface area (Å²) in [7, 11) is 0. The third kappa shape index (κ3) is 3.43. The first-order chi connectivity index (χ1) is 10.4. The van der Waals surface area contributed by atoms with E-state index in [2.05, 4.69) is 16.7 Å². The third-order valence-electron chi connectivity index (χ3n) is 2.82. The van der Waals surface area contributed by atoms with Gasteiger partial charge in [-0.1, -0.05) is 18.7 Å². The van der Waals surface area contributed by atoms with Crippen LogP contribution in [0, 0.1) is 0 Å². The van der Waals surface area contributed by atoms with E-state index in [1.54, 1.807) is 0 Å². The normalized spacial score (nSPS) is 12.8. The monoisotopic (exact) mass is 306 g/mol. The lowest BCUT2D eigenvalue weighted by molar-refractivity contribution is -0.137. The van der Waals surface area contributed by atoms with E-state index < -0.39 is 11.7 Å². The lowest BCUT2D eigenvalue weighted by Crippen LogP contribution is -2.10. The Morgan fingerprint density at radius 2 is 2.05 bits per heavy atom. The van der Waals surface area contributed by atoms with Gasteiger partial charge in [0.1, 0.15) is 0 Å². The number of hydrogen-bond donors (Lipinski definition) is 1. The van der Waals surface area contributed by atoms with Crippen molar-refractivity contribution in [3.05, 3.63) is 66.6 Å². The number of rotatable bonds is 4. The van der Waals surface area contributed by atoms with Crippen LogP contribution in [0.15, 0.2) is 60.5 Å². The van der Waals surface area contributed by atoms with E-state index >= 15 is 0 Å². The number of hydrogen-bond acceptors (Lipinski definition) is 3. The first kappa shape index (κ1) is 15.6. The summed E-state index contributed by atoms with van der Waals surface area (Å²) in [5.74, 6) is 0. The number of nitrogens with two attached hydrogens (primary N) is 1. The Labute approximate surface area is 125 Å². The predicted molar refractivity (Wildman–Crippen MR) is 79.4 cm³/mol. The standard InChI is InChI=1S/C15H13F3N4/c1-2-20-8-7-13(19)11-9-21-22(10-11)14-6-4-3-5-12(14)15(16,17)18/h2-10H,1,19H2/b13-7-,20-8-. The fraction of sp³-hybridized carbons (Fsp3) is 0.0667. The van der Waals surface area contributed by atoms with Crippen molar-refractivity contribution in [2.24, 2.45) is 10.7 Å². The molecule has 22 heavy (non-hydrogen) atoms. The molecular weight excluding hydrogens is 293 g/mol. The van der Waals surface area contributed by atoms with Gasteiger partial charge in [-0.15, -0.1) is 0 Å². The van der Waals surface area contributed by atoms with Crippen molar-refractivity contribution in [3.63, 3.8) is 0 Å². The lowest BCUT2D eigenvalue weighted by Gasteiger charge is -2.12. The molecule has 1 heterocycles. The molecule has 114 valence electrons. The molecule has 0 spiro atoms. The van der Waals surface area contributed by atoms with Crippen LogP contribution >= 0.6 is 0 Å². The van der Waals surface area contributed by atoms with Crippen molar-refractivity contribution in [1.29, 1.82) is 0 Å². The van der Waals surface area contributed by atoms with Crippen LogP contribution in [0.1, 0.15) is 11.1 Å². The highest BCUT2D eigenvalue weighted by Gasteiger charge is 2.33. The lowest BCUT2D eigenvalue weighted by atomic mass is 10.1. The van der Waals surface area contributed by atoms with Gasteiger partial charge in [-0.05, 0) is 18.2 Å². The Hall–Kier alpha value is -2.83. The van der Waals surface area contributed by atoms with Crippen LogP contribution in [0.25, 0.3) is 11.4 Å². The summed E-state index contributed by atoms with van der Waals surface area (Å²) in [6, 6.07) is 5.20. The zero-order valence-corrected chi connectivity index (χ0v) is 11.5. The van der Waals surface area contributed by atoms with Crippen molar-refractivity contribution in [2.75, 3.05) is 0 Å². The summed E-state index contributed by atoms with van der Waals surface area (Å²) in [4.78, 5) is 3.76. The zero-order valence-electron chi connectivity index (χ0n) is 11.5. The van der Waals surface area contributed by atoms with Crippen LogP contribution in [0.2, 0.25) is 0 Å². The first-order valence-electron chi connectivity index (χ1n) is 6.25. The molecule has 2 aromatic rings. The second kappa shape index (κ2) is 6.30. The molecule has 2 rings (SSSR count). The maximum absolute atomic E-state index is 13.0. The molecule has 7 heteroatoms. The van der Waals surface area contributed by atoms with E-state index in [-0.39, 0.29) is 5.69 Å². The number of nitrogens with zero attached hydrogens (tertiary/aromatic N) is 3. The zero-order chi connectivity index (χ0) is 16.2. The van der Waals surface area contributed by atoms with E-state index in [0.717, 1.165) is 10.7 Å². The van der Waals surface area contributed by atoms with Crippen LogP contribution in [0.5, 0.6) is 0 Å². The first-order valence-corrected chi connectivity index (χ1v) is 6.25. The van der Waals surface area contributed by atoms with Gasteiger partial charge in [-0.2, -0.15) is 18.3 Å². The van der Waals surface area contributed by atoms with Crippen molar-refractivity contribution < 1.29 is 13.2 Å². The van der Waals surface area contributed by atoms with Crippen molar-refractivity contribution >= 4 is 11.9 Å². The molecular formula is C15H13F3N4. The maximum atomic E-state index is 13.0. The summed E-state index contributed by atoms with van der Waals surface area (Å²) in [5, 5.41) is 3.94. The highest BCUT2D eigenvalue weighted by Crippen LogP contribution is 2.33. The van der Waals surface area contributed by atoms with Gasteiger partial charge in [0.15, 0.2) is 0 Å². The molecule has 1 aromatic heterocycles. The molecule has 4 nitrogen and oxygen atoms in total. The molecule has 0 fully saturated rings. The van der Waals surface area contributed by atoms with E-state index in [0.29, 0.717) is 11.3 Å². The highest BCUT2D eigenvalue weighted by atomic mass is 19.4. The smallest absolute Gasteiger partial charge is 0.398 e. The highest BCUT2D eigenvalue weighted by molar-refractivity contribution is 5.83. The Bertz CT molecular complexity index is 726. The Morgan fingerprint density at radius 3 is 2.73 bits per heavy atom. The van der Waals surface area contributed by atoms with Gasteiger partial charge in [0.05, 0.1) is 17.4 Å². The predicted octanol–water partition coefficient (Wildman–Crippen LogP) is 3.41. The van der Waals surface area contributed by atoms with Crippen LogP contribution in [0.4, 0.5) is 13.2 Å². The molecule has 0 amide bonds. The average molecular weight is 306 g/mol. The van der Waals surface area contributed by atoms with Gasteiger partial charge >= 0.3 is 6.18 Å². The molecule has 2 N–H and O–H groups in total. The molecule has 0 aliphatic heterocycles. The van der Waals surface area contributed by atoms with E-state index in [9.17, 15) is 13.2 Å². The van der Waals surface area contributed by atoms with Crippen molar-refractivity contribution in [1.82, 2.24) is 9.78 Å². The number of aromatic nitrogens is 2. The average Bonchev–Trinajstić information content (AvgIpc) is 2.96. The maximum Gasteiger partial charge on any atom is 0.418 e. The minimum atomic E-state index is -4.46. The number of halogens is 3. The molecule has 0 atom stereocenters. The summed E-state index contributed by atoms with van der Waals surface area (Å²) < 4.78 is 40.1. The molecule has 0 saturated heterocycles. The second-order valence-electron chi connectivity index (χ2n) is 4.29. The molecule has 0 unspecified atom stereocenters. The molecule has 0 aliphatic rings. The summed E-state index contributed by atoms with van der Waals surface area (Å²) in [6.07, 6.45) is 2.65. The Balaban J connectivity index is 2.39. The number of alkyl halides is 3. The van der Waals surface area contributed by atoms with Crippen LogP contribution in [0.3, 0.4) is 0 Å². The summed E-state index contributed by atoms with van der Waals surface area (Å²) in [6.45, 7) is 3.42. The van der Waals surface area contributed by atoms with Crippen LogP contribution in [-0.2, 0) is 6.18 Å². The topological polar surface area (TPSA) is 56.2 Å². The molecule has 1 aromatic carbocycles. The Morgan fingerprint density at radius 1 is 1.32 bits per heavy atom. The van der Waals surface area contributed by atoms with Crippen molar-refractivity contribution in [2.45, 2.75) is 6.18 Å². The minimum Gasteiger partial charge on any atom is -0.398 e. The molecule has 0 bridgehead atoms. The van der Waals surface area contributed by atoms with E-state index in [4.69, 9.17) is 5.73 Å². The van der Waals surface area contributed by atoms with Crippen LogP contribution < -0.4 is 5.73 Å². The largest absolute Gasteiger partial charge is 0.418 e. The van der Waals surface area contributed by atoms with Gasteiger partial charge in [-0.25, -0.2) is 4.68 Å². The number of para-hydroxylation sites is 1. The number of aliphatic imine (C=N–C) groups is 1.